The van der Waals surface area contributed by atoms with Crippen LogP contribution in [0.15, 0.2) is 60.8 Å². The SMILES string of the molecule is CC/C=C\C/C=C\C/C=C\CCCCCCCC(=O)OCC(COC(=O)CCCCCCCCCCCCCCCCCCCCCCCC)OC(=O)CCCCCCCCC/C=C\C/C=C\CCCCCC. The Labute approximate surface area is 453 Å². The van der Waals surface area contributed by atoms with E-state index in [-0.39, 0.29) is 31.1 Å². The Bertz CT molecular complexity index is 1310. The minimum absolute atomic E-state index is 0.0801. The van der Waals surface area contributed by atoms with E-state index >= 15 is 0 Å². The molecule has 0 aromatic rings. The number of carbonyl (C=O) groups is 3. The number of hydrogen-bond acceptors (Lipinski definition) is 6. The van der Waals surface area contributed by atoms with Crippen molar-refractivity contribution in [3.8, 4) is 0 Å². The lowest BCUT2D eigenvalue weighted by molar-refractivity contribution is -0.167. The van der Waals surface area contributed by atoms with Crippen LogP contribution >= 0.6 is 0 Å². The number of rotatable bonds is 58. The fraction of sp³-hybridized carbons (Fsp3) is 0.806. The molecule has 0 fully saturated rings. The largest absolute Gasteiger partial charge is 0.462 e. The normalized spacial score (nSPS) is 12.4. The zero-order valence-electron chi connectivity index (χ0n) is 48.7. The van der Waals surface area contributed by atoms with Crippen LogP contribution in [-0.4, -0.2) is 37.2 Å². The van der Waals surface area contributed by atoms with Gasteiger partial charge in [0.2, 0.25) is 0 Å². The van der Waals surface area contributed by atoms with Gasteiger partial charge in [-0.05, 0) is 83.5 Å². The summed E-state index contributed by atoms with van der Waals surface area (Å²) in [5.41, 5.74) is 0. The summed E-state index contributed by atoms with van der Waals surface area (Å²) in [7, 11) is 0. The third-order valence-corrected chi connectivity index (χ3v) is 14.0. The summed E-state index contributed by atoms with van der Waals surface area (Å²) in [5, 5.41) is 0. The lowest BCUT2D eigenvalue weighted by atomic mass is 10.0. The van der Waals surface area contributed by atoms with E-state index in [0.29, 0.717) is 19.3 Å². The first-order chi connectivity index (χ1) is 36.0. The quantitative estimate of drug-likeness (QED) is 0.0261. The number of esters is 3. The summed E-state index contributed by atoms with van der Waals surface area (Å²) in [6, 6.07) is 0. The molecule has 0 aromatic heterocycles. The molecule has 0 bridgehead atoms. The lowest BCUT2D eigenvalue weighted by Crippen LogP contribution is -2.30. The Morgan fingerprint density at radius 2 is 0.534 bits per heavy atom. The summed E-state index contributed by atoms with van der Waals surface area (Å²) >= 11 is 0. The fourth-order valence-electron chi connectivity index (χ4n) is 9.25. The fourth-order valence-corrected chi connectivity index (χ4v) is 9.25. The van der Waals surface area contributed by atoms with Crippen molar-refractivity contribution in [3.05, 3.63) is 60.8 Å². The van der Waals surface area contributed by atoms with E-state index in [1.54, 1.807) is 0 Å². The molecule has 1 atom stereocenters. The van der Waals surface area contributed by atoms with Crippen molar-refractivity contribution in [1.82, 2.24) is 0 Å². The van der Waals surface area contributed by atoms with E-state index in [1.165, 1.54) is 180 Å². The first-order valence-corrected chi connectivity index (χ1v) is 31.8. The molecular formula is C67H120O6. The predicted octanol–water partition coefficient (Wildman–Crippen LogP) is 21.6. The van der Waals surface area contributed by atoms with Gasteiger partial charge in [-0.15, -0.1) is 0 Å². The molecule has 0 saturated heterocycles. The average molecular weight is 1020 g/mol. The van der Waals surface area contributed by atoms with Crippen LogP contribution in [0.1, 0.15) is 329 Å². The molecule has 0 aromatic carbocycles. The maximum absolute atomic E-state index is 12.9. The van der Waals surface area contributed by atoms with Crippen molar-refractivity contribution < 1.29 is 28.6 Å². The van der Waals surface area contributed by atoms with Crippen LogP contribution in [0.5, 0.6) is 0 Å². The Hall–Kier alpha value is -2.89. The molecule has 0 radical (unpaired) electrons. The van der Waals surface area contributed by atoms with Gasteiger partial charge in [-0.3, -0.25) is 14.4 Å². The Morgan fingerprint density at radius 1 is 0.288 bits per heavy atom. The van der Waals surface area contributed by atoms with Crippen LogP contribution < -0.4 is 0 Å². The maximum Gasteiger partial charge on any atom is 0.306 e. The van der Waals surface area contributed by atoms with Crippen LogP contribution in [0.25, 0.3) is 0 Å². The van der Waals surface area contributed by atoms with Crippen LogP contribution in [0.4, 0.5) is 0 Å². The van der Waals surface area contributed by atoms with Crippen LogP contribution in [0.3, 0.4) is 0 Å². The molecule has 0 aliphatic carbocycles. The van der Waals surface area contributed by atoms with E-state index in [4.69, 9.17) is 14.2 Å². The number of hydrogen-bond donors (Lipinski definition) is 0. The first-order valence-electron chi connectivity index (χ1n) is 31.8. The number of carbonyl (C=O) groups excluding carboxylic acids is 3. The third-order valence-electron chi connectivity index (χ3n) is 14.0. The second kappa shape index (κ2) is 61.7. The lowest BCUT2D eigenvalue weighted by Gasteiger charge is -2.18. The smallest absolute Gasteiger partial charge is 0.306 e. The molecule has 0 aliphatic heterocycles. The molecule has 73 heavy (non-hydrogen) atoms. The molecular weight excluding hydrogens is 901 g/mol. The molecule has 1 unspecified atom stereocenters. The molecule has 0 N–H and O–H groups in total. The van der Waals surface area contributed by atoms with Crippen molar-refractivity contribution in [2.45, 2.75) is 335 Å². The zero-order valence-corrected chi connectivity index (χ0v) is 48.7. The van der Waals surface area contributed by atoms with Crippen LogP contribution in [-0.2, 0) is 28.6 Å². The van der Waals surface area contributed by atoms with Crippen molar-refractivity contribution in [3.63, 3.8) is 0 Å². The molecule has 6 heteroatoms. The predicted molar refractivity (Wildman–Crippen MR) is 316 cm³/mol. The molecule has 0 amide bonds. The minimum atomic E-state index is -0.785. The van der Waals surface area contributed by atoms with E-state index in [2.05, 4.69) is 81.5 Å². The highest BCUT2D eigenvalue weighted by atomic mass is 16.6. The van der Waals surface area contributed by atoms with Crippen molar-refractivity contribution in [1.29, 1.82) is 0 Å². The van der Waals surface area contributed by atoms with E-state index in [0.717, 1.165) is 109 Å². The van der Waals surface area contributed by atoms with Gasteiger partial charge in [-0.1, -0.05) is 287 Å². The second-order valence-corrected chi connectivity index (χ2v) is 21.3. The molecule has 0 heterocycles. The standard InChI is InChI=1S/C67H120O6/c1-4-7-10-13-16-19-22-25-28-30-32-33-34-35-37-39-42-45-48-51-54-57-60-66(69)72-63-64(62-71-65(68)59-56-53-50-47-44-41-38-27-24-21-18-15-12-9-6-3)73-67(70)61-58-55-52-49-46-43-40-36-31-29-26-23-20-17-14-11-8-5-2/h9,12,18,20-21,23,27,29,31,38,64H,4-8,10-11,13-17,19,22,24-26,28,30,32-37,39-63H2,1-3H3/b12-9-,21-18-,23-20-,31-29-,38-27-. The third kappa shape index (κ3) is 59.9. The first kappa shape index (κ1) is 70.1. The summed E-state index contributed by atoms with van der Waals surface area (Å²) in [5.74, 6) is -0.888. The van der Waals surface area contributed by atoms with Gasteiger partial charge in [0.05, 0.1) is 0 Å². The van der Waals surface area contributed by atoms with Gasteiger partial charge in [-0.25, -0.2) is 0 Å². The van der Waals surface area contributed by atoms with Gasteiger partial charge < -0.3 is 14.2 Å². The van der Waals surface area contributed by atoms with Gasteiger partial charge in [0.25, 0.3) is 0 Å². The molecule has 0 spiro atoms. The Kier molecular flexibility index (Phi) is 59.2. The van der Waals surface area contributed by atoms with Gasteiger partial charge in [0, 0.05) is 19.3 Å². The highest BCUT2D eigenvalue weighted by Crippen LogP contribution is 2.17. The average Bonchev–Trinajstić information content (AvgIpc) is 3.39. The van der Waals surface area contributed by atoms with E-state index in [9.17, 15) is 14.4 Å². The number of allylic oxidation sites excluding steroid dienone is 10. The van der Waals surface area contributed by atoms with Gasteiger partial charge >= 0.3 is 17.9 Å². The van der Waals surface area contributed by atoms with Gasteiger partial charge in [0.1, 0.15) is 13.2 Å². The maximum atomic E-state index is 12.9. The summed E-state index contributed by atoms with van der Waals surface area (Å²) in [6.07, 6.45) is 78.0. The number of ether oxygens (including phenoxy) is 3. The van der Waals surface area contributed by atoms with Crippen LogP contribution in [0, 0.1) is 0 Å². The Morgan fingerprint density at radius 3 is 0.849 bits per heavy atom. The van der Waals surface area contributed by atoms with Gasteiger partial charge in [-0.2, -0.15) is 0 Å². The monoisotopic (exact) mass is 1020 g/mol. The summed E-state index contributed by atoms with van der Waals surface area (Å²) in [6.45, 7) is 6.54. The Balaban J connectivity index is 4.33. The highest BCUT2D eigenvalue weighted by Gasteiger charge is 2.19. The summed E-state index contributed by atoms with van der Waals surface area (Å²) < 4.78 is 16.9. The second-order valence-electron chi connectivity index (χ2n) is 21.3. The molecule has 0 saturated carbocycles. The zero-order chi connectivity index (χ0) is 52.9. The van der Waals surface area contributed by atoms with Crippen molar-refractivity contribution in [2.24, 2.45) is 0 Å². The molecule has 0 aliphatic rings. The van der Waals surface area contributed by atoms with E-state index in [1.807, 2.05) is 0 Å². The molecule has 6 nitrogen and oxygen atoms in total. The molecule has 0 rings (SSSR count). The van der Waals surface area contributed by atoms with E-state index < -0.39 is 6.10 Å². The minimum Gasteiger partial charge on any atom is -0.462 e. The van der Waals surface area contributed by atoms with Gasteiger partial charge in [0.15, 0.2) is 6.10 Å². The topological polar surface area (TPSA) is 78.9 Å². The molecule has 424 valence electrons. The number of unbranched alkanes of at least 4 members (excludes halogenated alkanes) is 37. The van der Waals surface area contributed by atoms with Crippen molar-refractivity contribution >= 4 is 17.9 Å². The summed E-state index contributed by atoms with van der Waals surface area (Å²) in [4.78, 5) is 38.3. The van der Waals surface area contributed by atoms with Crippen LogP contribution in [0.2, 0.25) is 0 Å². The van der Waals surface area contributed by atoms with Crippen molar-refractivity contribution in [2.75, 3.05) is 13.2 Å². The highest BCUT2D eigenvalue weighted by molar-refractivity contribution is 5.71.